The molecule has 156 valence electrons. The van der Waals surface area contributed by atoms with E-state index < -0.39 is 0 Å². The zero-order chi connectivity index (χ0) is 20.2. The highest BCUT2D eigenvalue weighted by atomic mass is 16.2. The number of rotatable bonds is 9. The van der Waals surface area contributed by atoms with Crippen molar-refractivity contribution >= 4 is 17.8 Å². The number of carbonyl (C=O) groups excluding carboxylic acids is 2. The number of amides is 2. The van der Waals surface area contributed by atoms with Crippen LogP contribution in [0.3, 0.4) is 0 Å². The van der Waals surface area contributed by atoms with Gasteiger partial charge in [0, 0.05) is 46.3 Å². The molecule has 0 aromatic rings. The lowest BCUT2D eigenvalue weighted by atomic mass is 10.1. The molecule has 0 atom stereocenters. The first-order valence-corrected chi connectivity index (χ1v) is 10.1. The van der Waals surface area contributed by atoms with E-state index in [0.717, 1.165) is 45.4 Å². The van der Waals surface area contributed by atoms with Crippen LogP contribution in [-0.2, 0) is 9.59 Å². The van der Waals surface area contributed by atoms with Gasteiger partial charge in [0.2, 0.25) is 11.8 Å². The van der Waals surface area contributed by atoms with Crippen molar-refractivity contribution in [3.63, 3.8) is 0 Å². The standard InChI is InChI=1S/C19H38N6O2/c1-6-9-20-17(26)14-25-10-7-16(8-11-25)23-19(21-12-15(2)3)22-13-18(27)24(4)5/h15-16H,6-14H2,1-5H3,(H,20,26)(H2,21,22,23). The van der Waals surface area contributed by atoms with Gasteiger partial charge in [-0.15, -0.1) is 0 Å². The van der Waals surface area contributed by atoms with Gasteiger partial charge in [-0.2, -0.15) is 0 Å². The largest absolute Gasteiger partial charge is 0.356 e. The van der Waals surface area contributed by atoms with Crippen molar-refractivity contribution in [1.29, 1.82) is 0 Å². The van der Waals surface area contributed by atoms with Crippen molar-refractivity contribution < 1.29 is 9.59 Å². The number of hydrogen-bond acceptors (Lipinski definition) is 4. The first-order chi connectivity index (χ1) is 12.8. The average Bonchev–Trinajstić information content (AvgIpc) is 2.63. The van der Waals surface area contributed by atoms with Crippen LogP contribution in [0, 0.1) is 5.92 Å². The molecule has 0 spiro atoms. The quantitative estimate of drug-likeness (QED) is 0.393. The summed E-state index contributed by atoms with van der Waals surface area (Å²) < 4.78 is 0. The molecule has 27 heavy (non-hydrogen) atoms. The Labute approximate surface area is 164 Å². The highest BCUT2D eigenvalue weighted by Crippen LogP contribution is 2.10. The van der Waals surface area contributed by atoms with Gasteiger partial charge in [-0.3, -0.25) is 14.5 Å². The predicted octanol–water partition coefficient (Wildman–Crippen LogP) is 0.256. The summed E-state index contributed by atoms with van der Waals surface area (Å²) in [6.45, 7) is 10.2. The topological polar surface area (TPSA) is 89.1 Å². The lowest BCUT2D eigenvalue weighted by Crippen LogP contribution is -2.50. The molecule has 1 fully saturated rings. The zero-order valence-electron chi connectivity index (χ0n) is 17.7. The fourth-order valence-electron chi connectivity index (χ4n) is 2.69. The Morgan fingerprint density at radius 1 is 1.19 bits per heavy atom. The van der Waals surface area contributed by atoms with Crippen LogP contribution in [0.4, 0.5) is 0 Å². The van der Waals surface area contributed by atoms with Crippen molar-refractivity contribution in [2.75, 3.05) is 53.4 Å². The summed E-state index contributed by atoms with van der Waals surface area (Å²) in [5, 5.41) is 9.70. The lowest BCUT2D eigenvalue weighted by molar-refractivity contribution is -0.127. The molecule has 1 aliphatic rings. The van der Waals surface area contributed by atoms with Crippen LogP contribution in [0.5, 0.6) is 0 Å². The van der Waals surface area contributed by atoms with E-state index in [1.807, 2.05) is 0 Å². The highest BCUT2D eigenvalue weighted by Gasteiger charge is 2.21. The molecule has 1 rings (SSSR count). The fraction of sp³-hybridized carbons (Fsp3) is 0.842. The molecule has 0 unspecified atom stereocenters. The van der Waals surface area contributed by atoms with E-state index in [1.54, 1.807) is 19.0 Å². The Morgan fingerprint density at radius 2 is 1.85 bits per heavy atom. The highest BCUT2D eigenvalue weighted by molar-refractivity contribution is 5.85. The first-order valence-electron chi connectivity index (χ1n) is 10.1. The van der Waals surface area contributed by atoms with Gasteiger partial charge in [-0.1, -0.05) is 20.8 Å². The van der Waals surface area contributed by atoms with E-state index in [-0.39, 0.29) is 18.4 Å². The van der Waals surface area contributed by atoms with Crippen LogP contribution >= 0.6 is 0 Å². The van der Waals surface area contributed by atoms with Gasteiger partial charge in [-0.25, -0.2) is 4.99 Å². The van der Waals surface area contributed by atoms with Gasteiger partial charge in [0.05, 0.1) is 6.54 Å². The van der Waals surface area contributed by atoms with Gasteiger partial charge in [0.25, 0.3) is 0 Å². The van der Waals surface area contributed by atoms with E-state index in [9.17, 15) is 9.59 Å². The van der Waals surface area contributed by atoms with Crippen molar-refractivity contribution in [2.24, 2.45) is 10.9 Å². The normalized spacial score (nSPS) is 16.3. The Balaban J connectivity index is 2.48. The molecule has 0 aliphatic carbocycles. The molecule has 0 aromatic heterocycles. The molecule has 0 bridgehead atoms. The van der Waals surface area contributed by atoms with Crippen LogP contribution in [-0.4, -0.2) is 87.0 Å². The first kappa shape index (κ1) is 23.2. The SMILES string of the molecule is CCCNC(=O)CN1CCC(NC(=NCC(=O)N(C)C)NCC(C)C)CC1. The minimum absolute atomic E-state index is 0.0199. The van der Waals surface area contributed by atoms with E-state index in [2.05, 4.69) is 46.6 Å². The third-order valence-electron chi connectivity index (χ3n) is 4.42. The summed E-state index contributed by atoms with van der Waals surface area (Å²) in [6, 6.07) is 0.299. The number of piperidine rings is 1. The van der Waals surface area contributed by atoms with Gasteiger partial charge >= 0.3 is 0 Å². The summed E-state index contributed by atoms with van der Waals surface area (Å²) in [5.74, 6) is 1.27. The third-order valence-corrected chi connectivity index (χ3v) is 4.42. The maximum Gasteiger partial charge on any atom is 0.243 e. The Bertz CT molecular complexity index is 485. The number of carbonyl (C=O) groups is 2. The van der Waals surface area contributed by atoms with Gasteiger partial charge < -0.3 is 20.9 Å². The van der Waals surface area contributed by atoms with Gasteiger partial charge in [-0.05, 0) is 25.2 Å². The average molecular weight is 383 g/mol. The number of likely N-dealkylation sites (N-methyl/N-ethyl adjacent to an activating group) is 1. The van der Waals surface area contributed by atoms with Crippen LogP contribution in [0.25, 0.3) is 0 Å². The molecule has 0 aromatic carbocycles. The van der Waals surface area contributed by atoms with Crippen LogP contribution in [0.2, 0.25) is 0 Å². The fourth-order valence-corrected chi connectivity index (χ4v) is 2.69. The van der Waals surface area contributed by atoms with Crippen LogP contribution < -0.4 is 16.0 Å². The summed E-state index contributed by atoms with van der Waals surface area (Å²) >= 11 is 0. The summed E-state index contributed by atoms with van der Waals surface area (Å²) in [7, 11) is 3.47. The summed E-state index contributed by atoms with van der Waals surface area (Å²) in [6.07, 6.45) is 2.86. The van der Waals surface area contributed by atoms with Gasteiger partial charge in [0.15, 0.2) is 5.96 Å². The molecule has 1 heterocycles. The zero-order valence-corrected chi connectivity index (χ0v) is 17.7. The molecule has 0 radical (unpaired) electrons. The van der Waals surface area contributed by atoms with Crippen molar-refractivity contribution in [1.82, 2.24) is 25.8 Å². The third kappa shape index (κ3) is 10.2. The number of nitrogens with zero attached hydrogens (tertiary/aromatic N) is 3. The number of aliphatic imine (C=N–C) groups is 1. The second-order valence-electron chi connectivity index (χ2n) is 7.77. The molecule has 8 nitrogen and oxygen atoms in total. The molecule has 3 N–H and O–H groups in total. The molecule has 8 heteroatoms. The maximum absolute atomic E-state index is 11.8. The smallest absolute Gasteiger partial charge is 0.243 e. The lowest BCUT2D eigenvalue weighted by Gasteiger charge is -2.32. The second-order valence-corrected chi connectivity index (χ2v) is 7.77. The predicted molar refractivity (Wildman–Crippen MR) is 110 cm³/mol. The monoisotopic (exact) mass is 382 g/mol. The number of guanidine groups is 1. The van der Waals surface area contributed by atoms with Crippen LogP contribution in [0.1, 0.15) is 40.0 Å². The molecule has 1 aliphatic heterocycles. The summed E-state index contributed by atoms with van der Waals surface area (Å²) in [5.41, 5.74) is 0. The molecular formula is C19H38N6O2. The summed E-state index contributed by atoms with van der Waals surface area (Å²) in [4.78, 5) is 31.8. The number of hydrogen-bond donors (Lipinski definition) is 3. The Morgan fingerprint density at radius 3 is 2.41 bits per heavy atom. The number of likely N-dealkylation sites (tertiary alicyclic amines) is 1. The Hall–Kier alpha value is -1.83. The van der Waals surface area contributed by atoms with Crippen molar-refractivity contribution in [3.05, 3.63) is 0 Å². The van der Waals surface area contributed by atoms with E-state index in [0.29, 0.717) is 24.5 Å². The molecule has 2 amide bonds. The van der Waals surface area contributed by atoms with E-state index >= 15 is 0 Å². The van der Waals surface area contributed by atoms with Gasteiger partial charge in [0.1, 0.15) is 6.54 Å². The minimum Gasteiger partial charge on any atom is -0.356 e. The van der Waals surface area contributed by atoms with E-state index in [4.69, 9.17) is 0 Å². The molecular weight excluding hydrogens is 344 g/mol. The van der Waals surface area contributed by atoms with Crippen LogP contribution in [0.15, 0.2) is 4.99 Å². The second kappa shape index (κ2) is 12.5. The Kier molecular flexibility index (Phi) is 10.8. The molecule has 1 saturated heterocycles. The number of nitrogens with one attached hydrogen (secondary N) is 3. The minimum atomic E-state index is -0.0199. The van der Waals surface area contributed by atoms with E-state index in [1.165, 1.54) is 0 Å². The molecule has 0 saturated carbocycles. The van der Waals surface area contributed by atoms with Crippen molar-refractivity contribution in [2.45, 2.75) is 46.1 Å². The maximum atomic E-state index is 11.8. The van der Waals surface area contributed by atoms with Crippen molar-refractivity contribution in [3.8, 4) is 0 Å².